The number of anilines is 1. The van der Waals surface area contributed by atoms with Crippen molar-refractivity contribution < 1.29 is 9.59 Å². The van der Waals surface area contributed by atoms with Crippen molar-refractivity contribution in [1.29, 1.82) is 0 Å². The van der Waals surface area contributed by atoms with Gasteiger partial charge in [-0.3, -0.25) is 9.59 Å². The summed E-state index contributed by atoms with van der Waals surface area (Å²) in [6.45, 7) is 1.77. The van der Waals surface area contributed by atoms with E-state index in [1.54, 1.807) is 18.4 Å². The fourth-order valence-electron chi connectivity index (χ4n) is 2.28. The number of amides is 2. The van der Waals surface area contributed by atoms with Crippen molar-refractivity contribution >= 4 is 39.9 Å². The molecular weight excluding hydrogens is 370 g/mol. The fraction of sp³-hybridized carbons (Fsp3) is 0.176. The number of carbonyl (C=O) groups is 2. The topological polar surface area (TPSA) is 103 Å². The third-order valence-corrected chi connectivity index (χ3v) is 5.65. The summed E-state index contributed by atoms with van der Waals surface area (Å²) in [5.74, 6) is -0.0677. The molecule has 0 unspecified atom stereocenters. The first kappa shape index (κ1) is 18.2. The Morgan fingerprint density at radius 3 is 2.65 bits per heavy atom. The molecule has 3 aromatic rings. The number of carbonyl (C=O) groups excluding carboxylic acids is 2. The van der Waals surface area contributed by atoms with Gasteiger partial charge in [0, 0.05) is 12.6 Å². The van der Waals surface area contributed by atoms with Crippen molar-refractivity contribution in [2.24, 2.45) is 12.8 Å². The van der Waals surface area contributed by atoms with Crippen LogP contribution in [-0.4, -0.2) is 31.8 Å². The lowest BCUT2D eigenvalue weighted by atomic mass is 10.2. The molecule has 9 heteroatoms. The number of nitrogens with two attached hydrogens (primary N) is 1. The van der Waals surface area contributed by atoms with Crippen LogP contribution in [0.2, 0.25) is 0 Å². The molecule has 3 N–H and O–H groups in total. The Balaban J connectivity index is 1.71. The molecule has 1 atom stereocenters. The van der Waals surface area contributed by atoms with Gasteiger partial charge in [-0.25, -0.2) is 0 Å². The van der Waals surface area contributed by atoms with E-state index in [0.29, 0.717) is 15.7 Å². The van der Waals surface area contributed by atoms with E-state index in [-0.39, 0.29) is 5.91 Å². The van der Waals surface area contributed by atoms with Gasteiger partial charge in [-0.05, 0) is 18.4 Å². The summed E-state index contributed by atoms with van der Waals surface area (Å²) in [6, 6.07) is 11.3. The quantitative estimate of drug-likeness (QED) is 0.633. The summed E-state index contributed by atoms with van der Waals surface area (Å²) < 4.78 is 1.85. The minimum atomic E-state index is -0.567. The van der Waals surface area contributed by atoms with Gasteiger partial charge in [0.15, 0.2) is 11.0 Å². The second-order valence-corrected chi connectivity index (χ2v) is 7.73. The highest BCUT2D eigenvalue weighted by Gasteiger charge is 2.21. The highest BCUT2D eigenvalue weighted by molar-refractivity contribution is 8.00. The van der Waals surface area contributed by atoms with Crippen molar-refractivity contribution in [3.8, 4) is 11.4 Å². The second kappa shape index (κ2) is 7.71. The molecule has 0 spiro atoms. The lowest BCUT2D eigenvalue weighted by molar-refractivity contribution is -0.115. The molecule has 0 aliphatic rings. The van der Waals surface area contributed by atoms with Crippen molar-refractivity contribution in [2.45, 2.75) is 17.3 Å². The van der Waals surface area contributed by atoms with E-state index in [9.17, 15) is 9.59 Å². The van der Waals surface area contributed by atoms with Crippen LogP contribution < -0.4 is 11.1 Å². The zero-order valence-corrected chi connectivity index (χ0v) is 15.8. The molecule has 0 aliphatic heterocycles. The maximum Gasteiger partial charge on any atom is 0.251 e. The van der Waals surface area contributed by atoms with Gasteiger partial charge < -0.3 is 15.6 Å². The van der Waals surface area contributed by atoms with Crippen LogP contribution in [0.5, 0.6) is 0 Å². The Hall–Kier alpha value is -2.65. The van der Waals surface area contributed by atoms with Gasteiger partial charge in [-0.15, -0.1) is 21.5 Å². The summed E-state index contributed by atoms with van der Waals surface area (Å²) in [6.07, 6.45) is 0. The summed E-state index contributed by atoms with van der Waals surface area (Å²) in [7, 11) is 1.86. The van der Waals surface area contributed by atoms with Gasteiger partial charge in [-0.2, -0.15) is 0 Å². The van der Waals surface area contributed by atoms with E-state index in [1.165, 1.54) is 23.1 Å². The first-order valence-corrected chi connectivity index (χ1v) is 9.53. The number of primary amides is 1. The third kappa shape index (κ3) is 3.78. The van der Waals surface area contributed by atoms with Crippen molar-refractivity contribution in [3.63, 3.8) is 0 Å². The SMILES string of the molecule is C[C@@H](Sc1nnc(-c2ccccc2)n1C)C(=O)Nc1sccc1C(N)=O. The van der Waals surface area contributed by atoms with Crippen LogP contribution in [0.4, 0.5) is 5.00 Å². The summed E-state index contributed by atoms with van der Waals surface area (Å²) in [4.78, 5) is 23.8. The van der Waals surface area contributed by atoms with E-state index in [1.807, 2.05) is 41.9 Å². The highest BCUT2D eigenvalue weighted by Crippen LogP contribution is 2.28. The molecule has 0 aliphatic carbocycles. The monoisotopic (exact) mass is 387 g/mol. The average molecular weight is 387 g/mol. The predicted molar refractivity (Wildman–Crippen MR) is 103 cm³/mol. The fourth-order valence-corrected chi connectivity index (χ4v) is 3.89. The molecule has 0 saturated heterocycles. The van der Waals surface area contributed by atoms with Crippen LogP contribution in [0.15, 0.2) is 46.9 Å². The number of hydrogen-bond acceptors (Lipinski definition) is 6. The van der Waals surface area contributed by atoms with Crippen LogP contribution in [0.25, 0.3) is 11.4 Å². The van der Waals surface area contributed by atoms with E-state index in [2.05, 4.69) is 15.5 Å². The average Bonchev–Trinajstić information content (AvgIpc) is 3.23. The Bertz CT molecular complexity index is 936. The van der Waals surface area contributed by atoms with E-state index in [4.69, 9.17) is 5.73 Å². The standard InChI is InChI=1S/C17H17N5O2S2/c1-10(15(24)19-16-12(13(18)23)8-9-25-16)26-17-21-20-14(22(17)2)11-6-4-3-5-7-11/h3-10H,1-2H3,(H2,18,23)(H,19,24)/t10-/m1/s1. The Kier molecular flexibility index (Phi) is 5.38. The number of thioether (sulfide) groups is 1. The normalized spacial score (nSPS) is 11.9. The molecule has 0 radical (unpaired) electrons. The molecule has 0 bridgehead atoms. The van der Waals surface area contributed by atoms with Crippen molar-refractivity contribution in [3.05, 3.63) is 47.3 Å². The molecule has 26 heavy (non-hydrogen) atoms. The maximum atomic E-state index is 12.4. The number of nitrogens with one attached hydrogen (secondary N) is 1. The lowest BCUT2D eigenvalue weighted by Crippen LogP contribution is -2.24. The van der Waals surface area contributed by atoms with Gasteiger partial charge in [0.2, 0.25) is 5.91 Å². The molecule has 0 saturated carbocycles. The molecule has 2 aromatic heterocycles. The second-order valence-electron chi connectivity index (χ2n) is 5.51. The van der Waals surface area contributed by atoms with E-state index in [0.717, 1.165) is 11.4 Å². The minimum absolute atomic E-state index is 0.232. The van der Waals surface area contributed by atoms with Crippen LogP contribution in [0.3, 0.4) is 0 Å². The van der Waals surface area contributed by atoms with Crippen LogP contribution in [-0.2, 0) is 11.8 Å². The first-order valence-electron chi connectivity index (χ1n) is 7.77. The zero-order valence-electron chi connectivity index (χ0n) is 14.2. The maximum absolute atomic E-state index is 12.4. The van der Waals surface area contributed by atoms with Gasteiger partial charge in [0.1, 0.15) is 5.00 Å². The van der Waals surface area contributed by atoms with Crippen LogP contribution >= 0.6 is 23.1 Å². The smallest absolute Gasteiger partial charge is 0.251 e. The van der Waals surface area contributed by atoms with Crippen molar-refractivity contribution in [1.82, 2.24) is 14.8 Å². The largest absolute Gasteiger partial charge is 0.366 e. The zero-order chi connectivity index (χ0) is 18.7. The number of rotatable bonds is 6. The number of nitrogens with zero attached hydrogens (tertiary/aromatic N) is 3. The Morgan fingerprint density at radius 2 is 1.96 bits per heavy atom. The highest BCUT2D eigenvalue weighted by atomic mass is 32.2. The molecule has 2 heterocycles. The van der Waals surface area contributed by atoms with Gasteiger partial charge in [-0.1, -0.05) is 42.1 Å². The Labute approximate surface area is 158 Å². The van der Waals surface area contributed by atoms with E-state index >= 15 is 0 Å². The first-order chi connectivity index (χ1) is 12.5. The van der Waals surface area contributed by atoms with E-state index < -0.39 is 11.2 Å². The third-order valence-electron chi connectivity index (χ3n) is 3.69. The Morgan fingerprint density at radius 1 is 1.23 bits per heavy atom. The summed E-state index contributed by atoms with van der Waals surface area (Å²) >= 11 is 2.55. The summed E-state index contributed by atoms with van der Waals surface area (Å²) in [5, 5.41) is 13.5. The van der Waals surface area contributed by atoms with Crippen LogP contribution in [0.1, 0.15) is 17.3 Å². The lowest BCUT2D eigenvalue weighted by Gasteiger charge is -2.11. The van der Waals surface area contributed by atoms with Gasteiger partial charge >= 0.3 is 0 Å². The molecular formula is C17H17N5O2S2. The molecule has 3 rings (SSSR count). The molecule has 134 valence electrons. The number of thiophene rings is 1. The molecule has 1 aromatic carbocycles. The number of aromatic nitrogens is 3. The summed E-state index contributed by atoms with van der Waals surface area (Å²) in [5.41, 5.74) is 6.57. The molecule has 7 nitrogen and oxygen atoms in total. The minimum Gasteiger partial charge on any atom is -0.366 e. The van der Waals surface area contributed by atoms with Gasteiger partial charge in [0.25, 0.3) is 5.91 Å². The predicted octanol–water partition coefficient (Wildman–Crippen LogP) is 2.76. The van der Waals surface area contributed by atoms with Gasteiger partial charge in [0.05, 0.1) is 10.8 Å². The molecule has 2 amide bonds. The number of hydrogen-bond donors (Lipinski definition) is 2. The van der Waals surface area contributed by atoms with Crippen LogP contribution in [0, 0.1) is 0 Å². The van der Waals surface area contributed by atoms with Crippen molar-refractivity contribution in [2.75, 3.05) is 5.32 Å². The molecule has 0 fully saturated rings. The number of benzene rings is 1.